The molecule has 320 valence electrons. The SMILES string of the molecule is O=C(NNC(=O)C(O)c1cccc(O)c1)c1c(Cl)cc(OCc2ccccc2)cc1OCc1ccccc1.O=C(NNC(=O)C(O)c1cccc(O)c1)c1c(O)cc(O)cc1Cl. The molecule has 0 bridgehead atoms. The van der Waals surface area contributed by atoms with Gasteiger partial charge in [0.05, 0.1) is 10.0 Å². The first kappa shape index (κ1) is 45.6. The summed E-state index contributed by atoms with van der Waals surface area (Å²) in [5.74, 6) is -4.22. The highest BCUT2D eigenvalue weighted by Crippen LogP contribution is 2.34. The van der Waals surface area contributed by atoms with Crippen LogP contribution >= 0.6 is 23.2 Å². The zero-order valence-corrected chi connectivity index (χ0v) is 33.7. The summed E-state index contributed by atoms with van der Waals surface area (Å²) in [7, 11) is 0. The van der Waals surface area contributed by atoms with Crippen LogP contribution in [0.1, 0.15) is 55.2 Å². The van der Waals surface area contributed by atoms with Crippen LogP contribution in [0.25, 0.3) is 0 Å². The Labute approximate surface area is 363 Å². The van der Waals surface area contributed by atoms with E-state index < -0.39 is 41.6 Å². The lowest BCUT2D eigenvalue weighted by atomic mass is 10.1. The molecule has 0 spiro atoms. The van der Waals surface area contributed by atoms with Gasteiger partial charge in [0.1, 0.15) is 58.8 Å². The maximum Gasteiger partial charge on any atom is 0.274 e. The predicted molar refractivity (Wildman–Crippen MR) is 225 cm³/mol. The third-order valence-electron chi connectivity index (χ3n) is 8.49. The molecule has 18 heteroatoms. The molecule has 16 nitrogen and oxygen atoms in total. The van der Waals surface area contributed by atoms with Crippen LogP contribution in [-0.2, 0) is 22.8 Å². The smallest absolute Gasteiger partial charge is 0.274 e. The standard InChI is InChI=1S/C29H25ClN2O6.C15H13ClN2O6/c30-24-15-23(37-17-19-8-3-1-4-9-19)16-25(38-18-20-10-5-2-6-11-20)26(24)28(35)31-32-29(36)27(34)21-12-7-13-22(33)14-21;16-10-5-9(20)6-11(21)12(10)14(23)17-18-15(24)13(22)7-2-1-3-8(19)4-7/h1-16,27,33-34H,17-18H2,(H,31,35)(H,32,36);1-6,13,19-22H,(H,17,23)(H,18,24). The Morgan fingerprint density at radius 1 is 0.500 bits per heavy atom. The van der Waals surface area contributed by atoms with E-state index in [1.54, 1.807) is 6.07 Å². The fourth-order valence-electron chi connectivity index (χ4n) is 5.45. The van der Waals surface area contributed by atoms with Crippen molar-refractivity contribution < 1.29 is 59.3 Å². The number of aliphatic hydroxyl groups excluding tert-OH is 2. The first-order chi connectivity index (χ1) is 29.7. The number of halogens is 2. The molecular weight excluding hydrogens is 847 g/mol. The van der Waals surface area contributed by atoms with Crippen LogP contribution in [0.3, 0.4) is 0 Å². The van der Waals surface area contributed by atoms with Crippen molar-refractivity contribution in [1.82, 2.24) is 21.7 Å². The van der Waals surface area contributed by atoms with Gasteiger partial charge in [-0.1, -0.05) is 108 Å². The van der Waals surface area contributed by atoms with E-state index in [9.17, 15) is 49.8 Å². The average molecular weight is 886 g/mol. The number of rotatable bonds is 12. The lowest BCUT2D eigenvalue weighted by Gasteiger charge is -2.17. The number of benzene rings is 6. The molecule has 6 aromatic rings. The summed E-state index contributed by atoms with van der Waals surface area (Å²) >= 11 is 12.2. The van der Waals surface area contributed by atoms with Gasteiger partial charge in [0, 0.05) is 12.1 Å². The summed E-state index contributed by atoms with van der Waals surface area (Å²) < 4.78 is 11.8. The van der Waals surface area contributed by atoms with E-state index in [-0.39, 0.29) is 68.5 Å². The summed E-state index contributed by atoms with van der Waals surface area (Å²) in [6.07, 6.45) is -3.26. The van der Waals surface area contributed by atoms with E-state index in [0.29, 0.717) is 5.75 Å². The average Bonchev–Trinajstić information content (AvgIpc) is 3.25. The molecule has 2 atom stereocenters. The number of phenolic OH excluding ortho intramolecular Hbond substituents is 4. The molecule has 0 fully saturated rings. The third kappa shape index (κ3) is 12.8. The summed E-state index contributed by atoms with van der Waals surface area (Å²) in [5.41, 5.74) is 10.1. The first-order valence-corrected chi connectivity index (χ1v) is 19.0. The summed E-state index contributed by atoms with van der Waals surface area (Å²) in [6.45, 7) is 0.436. The molecule has 4 amide bonds. The fraction of sp³-hybridized carbons (Fsp3) is 0.0909. The maximum atomic E-state index is 13.1. The number of carbonyl (C=O) groups excluding carboxylic acids is 4. The van der Waals surface area contributed by atoms with Gasteiger partial charge in [0.25, 0.3) is 23.6 Å². The number of hydrogen-bond acceptors (Lipinski definition) is 12. The van der Waals surface area contributed by atoms with E-state index in [4.69, 9.17) is 32.7 Å². The summed E-state index contributed by atoms with van der Waals surface area (Å²) in [6, 6.07) is 34.9. The molecule has 0 aliphatic rings. The zero-order chi connectivity index (χ0) is 44.8. The van der Waals surface area contributed by atoms with Gasteiger partial charge in [-0.3, -0.25) is 40.9 Å². The van der Waals surface area contributed by atoms with Crippen LogP contribution in [0.5, 0.6) is 34.5 Å². The van der Waals surface area contributed by atoms with Gasteiger partial charge in [-0.15, -0.1) is 0 Å². The molecule has 0 aliphatic heterocycles. The number of phenols is 4. The lowest BCUT2D eigenvalue weighted by Crippen LogP contribution is -2.44. The number of hydrazine groups is 2. The number of amides is 4. The van der Waals surface area contributed by atoms with E-state index in [1.165, 1.54) is 54.6 Å². The minimum atomic E-state index is -1.64. The van der Waals surface area contributed by atoms with Crippen LogP contribution in [0.2, 0.25) is 10.0 Å². The van der Waals surface area contributed by atoms with Crippen molar-refractivity contribution in [3.63, 3.8) is 0 Å². The number of carbonyl (C=O) groups is 4. The molecule has 0 heterocycles. The van der Waals surface area contributed by atoms with Gasteiger partial charge in [0.2, 0.25) is 0 Å². The summed E-state index contributed by atoms with van der Waals surface area (Å²) in [5, 5.41) is 57.7. The topological polar surface area (TPSA) is 256 Å². The minimum Gasteiger partial charge on any atom is -0.508 e. The van der Waals surface area contributed by atoms with Crippen LogP contribution in [0.15, 0.2) is 133 Å². The van der Waals surface area contributed by atoms with E-state index in [1.807, 2.05) is 71.5 Å². The normalized spacial score (nSPS) is 11.4. The van der Waals surface area contributed by atoms with E-state index >= 15 is 0 Å². The quantitative estimate of drug-likeness (QED) is 0.0670. The van der Waals surface area contributed by atoms with E-state index in [0.717, 1.165) is 23.3 Å². The molecule has 2 unspecified atom stereocenters. The molecule has 10 N–H and O–H groups in total. The molecular formula is C44H38Cl2N4O12. The second-order valence-electron chi connectivity index (χ2n) is 13.0. The van der Waals surface area contributed by atoms with Crippen LogP contribution in [0, 0.1) is 0 Å². The van der Waals surface area contributed by atoms with Gasteiger partial charge in [-0.25, -0.2) is 0 Å². The fourth-order valence-corrected chi connectivity index (χ4v) is 6.03. The van der Waals surface area contributed by atoms with E-state index in [2.05, 4.69) is 10.9 Å². The van der Waals surface area contributed by atoms with Crippen molar-refractivity contribution >= 4 is 46.8 Å². The third-order valence-corrected chi connectivity index (χ3v) is 9.08. The second kappa shape index (κ2) is 21.7. The number of hydrogen-bond donors (Lipinski definition) is 10. The number of aliphatic hydroxyl groups is 2. The van der Waals surface area contributed by atoms with Crippen LogP contribution in [-0.4, -0.2) is 54.3 Å². The van der Waals surface area contributed by atoms with Crippen molar-refractivity contribution in [3.8, 4) is 34.5 Å². The Hall–Kier alpha value is -7.50. The van der Waals surface area contributed by atoms with Crippen LogP contribution < -0.4 is 31.2 Å². The van der Waals surface area contributed by atoms with Gasteiger partial charge >= 0.3 is 0 Å². The number of ether oxygens (including phenoxy) is 2. The zero-order valence-electron chi connectivity index (χ0n) is 32.2. The number of nitrogens with one attached hydrogen (secondary N) is 4. The minimum absolute atomic E-state index is 0.0261. The highest BCUT2D eigenvalue weighted by molar-refractivity contribution is 6.35. The molecule has 6 aromatic carbocycles. The monoisotopic (exact) mass is 884 g/mol. The highest BCUT2D eigenvalue weighted by Gasteiger charge is 2.24. The van der Waals surface area contributed by atoms with Crippen LogP contribution in [0.4, 0.5) is 0 Å². The molecule has 0 aliphatic carbocycles. The van der Waals surface area contributed by atoms with Crippen molar-refractivity contribution in [1.29, 1.82) is 0 Å². The van der Waals surface area contributed by atoms with Crippen molar-refractivity contribution in [3.05, 3.63) is 177 Å². The summed E-state index contributed by atoms with van der Waals surface area (Å²) in [4.78, 5) is 49.2. The Balaban J connectivity index is 0.000000260. The molecule has 0 aromatic heterocycles. The first-order valence-electron chi connectivity index (χ1n) is 18.2. The van der Waals surface area contributed by atoms with Gasteiger partial charge in [-0.2, -0.15) is 0 Å². The molecule has 0 saturated carbocycles. The maximum absolute atomic E-state index is 13.1. The van der Waals surface area contributed by atoms with Gasteiger partial charge in [-0.05, 0) is 58.7 Å². The van der Waals surface area contributed by atoms with Crippen molar-refractivity contribution in [2.45, 2.75) is 25.4 Å². The van der Waals surface area contributed by atoms with Crippen molar-refractivity contribution in [2.24, 2.45) is 0 Å². The molecule has 0 radical (unpaired) electrons. The Morgan fingerprint density at radius 2 is 0.968 bits per heavy atom. The lowest BCUT2D eigenvalue weighted by molar-refractivity contribution is -0.131. The van der Waals surface area contributed by atoms with Gasteiger partial charge in [0.15, 0.2) is 12.2 Å². The molecule has 0 saturated heterocycles. The van der Waals surface area contributed by atoms with Crippen molar-refractivity contribution in [2.75, 3.05) is 0 Å². The largest absolute Gasteiger partial charge is 0.508 e. The van der Waals surface area contributed by atoms with Gasteiger partial charge < -0.3 is 40.1 Å². The molecule has 6 rings (SSSR count). The molecule has 62 heavy (non-hydrogen) atoms. The predicted octanol–water partition coefficient (Wildman–Crippen LogP) is 5.65. The Morgan fingerprint density at radius 3 is 1.45 bits per heavy atom. The Bertz CT molecular complexity index is 2510. The number of aromatic hydroxyl groups is 4. The highest BCUT2D eigenvalue weighted by atomic mass is 35.5. The second-order valence-corrected chi connectivity index (χ2v) is 13.8. The Kier molecular flexibility index (Phi) is 15.9.